The number of carbonyl (C=O) groups is 3. The molecule has 13 heteroatoms. The van der Waals surface area contributed by atoms with Crippen LogP contribution in [0.15, 0.2) is 53.5 Å². The molecule has 2 aromatic rings. The van der Waals surface area contributed by atoms with Gasteiger partial charge in [0.25, 0.3) is 11.8 Å². The van der Waals surface area contributed by atoms with Gasteiger partial charge in [-0.3, -0.25) is 19.3 Å². The predicted octanol–water partition coefficient (Wildman–Crippen LogP) is 4.59. The van der Waals surface area contributed by atoms with Crippen molar-refractivity contribution >= 4 is 29.1 Å². The number of benzene rings is 2. The molecule has 0 fully saturated rings. The van der Waals surface area contributed by atoms with Crippen LogP contribution in [0.25, 0.3) is 0 Å². The summed E-state index contributed by atoms with van der Waals surface area (Å²) in [5.74, 6) is -8.13. The molecule has 4 rings (SSSR count). The highest BCUT2D eigenvalue weighted by atomic mass is 19.4. The molecule has 0 saturated carbocycles. The van der Waals surface area contributed by atoms with E-state index in [0.29, 0.717) is 5.56 Å². The molecule has 222 valence electrons. The number of carbonyl (C=O) groups excluding carboxylic acids is 3. The van der Waals surface area contributed by atoms with Crippen LogP contribution in [0, 0.1) is 5.92 Å². The molecule has 0 bridgehead atoms. The lowest BCUT2D eigenvalue weighted by atomic mass is 9.97. The Morgan fingerprint density at radius 2 is 1.80 bits per heavy atom. The first kappa shape index (κ1) is 31.5. The van der Waals surface area contributed by atoms with E-state index in [1.165, 1.54) is 18.6 Å². The maximum Gasteiger partial charge on any atom is 0.389 e. The first-order chi connectivity index (χ1) is 19.3. The lowest BCUT2D eigenvalue weighted by molar-refractivity contribution is -0.143. The van der Waals surface area contributed by atoms with Crippen molar-refractivity contribution in [2.75, 3.05) is 18.1 Å². The summed E-state index contributed by atoms with van der Waals surface area (Å²) in [5, 5.41) is 2.26. The van der Waals surface area contributed by atoms with Crippen molar-refractivity contribution in [1.82, 2.24) is 5.32 Å². The third-order valence-corrected chi connectivity index (χ3v) is 6.03. The van der Waals surface area contributed by atoms with Gasteiger partial charge in [0, 0.05) is 29.9 Å². The topological polar surface area (TPSA) is 114 Å². The fraction of sp³-hybridized carbons (Fsp3) is 0.429. The zero-order valence-corrected chi connectivity index (χ0v) is 22.5. The van der Waals surface area contributed by atoms with Crippen molar-refractivity contribution in [2.24, 2.45) is 16.6 Å². The van der Waals surface area contributed by atoms with Gasteiger partial charge in [-0.25, -0.2) is 13.8 Å². The zero-order chi connectivity index (χ0) is 30.4. The number of hydrogen-bond donors (Lipinski definition) is 2. The Labute approximate surface area is 233 Å². The van der Waals surface area contributed by atoms with Crippen molar-refractivity contribution < 1.29 is 41.1 Å². The number of halogens is 5. The molecule has 0 spiro atoms. The fourth-order valence-corrected chi connectivity index (χ4v) is 4.32. The number of alkyl halides is 5. The molecule has 3 amide bonds. The normalized spacial score (nSPS) is 18.3. The second-order valence-corrected chi connectivity index (χ2v) is 9.70. The lowest BCUT2D eigenvalue weighted by Crippen LogP contribution is -2.52. The molecule has 8 nitrogen and oxygen atoms in total. The summed E-state index contributed by atoms with van der Waals surface area (Å²) in [6.45, 7) is 2.17. The van der Waals surface area contributed by atoms with Crippen LogP contribution in [-0.4, -0.2) is 54.8 Å². The zero-order valence-electron chi connectivity index (χ0n) is 22.5. The van der Waals surface area contributed by atoms with Gasteiger partial charge >= 0.3 is 6.18 Å². The summed E-state index contributed by atoms with van der Waals surface area (Å²) in [7, 11) is 0. The maximum atomic E-state index is 14.6. The largest absolute Gasteiger partial charge is 0.485 e. The lowest BCUT2D eigenvalue weighted by Gasteiger charge is -2.27. The number of hydrogen-bond acceptors (Lipinski definition) is 5. The molecular formula is C28H31F5N4O4. The standard InChI is InChI=1S/C25H23F5N4O4.C3H8/c26-24(27)12-34-20-16(7-4-8-17(20)38-13-24)19(14-5-2-1-3-6-14)32-21(23(34)37)33-22(36)15(11-18(31)35)9-10-25(28,29)30;1-3-2/h1-8,15,21H,9-13H2,(H2,31,35)(H,33,36);3H2,1-2H3. The van der Waals surface area contributed by atoms with Crippen molar-refractivity contribution in [1.29, 1.82) is 0 Å². The minimum atomic E-state index is -4.61. The van der Waals surface area contributed by atoms with Gasteiger partial charge < -0.3 is 15.8 Å². The van der Waals surface area contributed by atoms with Crippen LogP contribution in [0.1, 0.15) is 50.7 Å². The van der Waals surface area contributed by atoms with Crippen LogP contribution >= 0.6 is 0 Å². The SMILES string of the molecule is CCC.NC(=O)CC(CCC(F)(F)F)C(=O)NC1N=C(c2ccccc2)c2cccc3c2N(CC(F)(F)CO3)C1=O. The Morgan fingerprint density at radius 3 is 2.41 bits per heavy atom. The second kappa shape index (κ2) is 13.1. The van der Waals surface area contributed by atoms with E-state index >= 15 is 0 Å². The number of primary amides is 1. The van der Waals surface area contributed by atoms with Gasteiger partial charge in [0.1, 0.15) is 5.75 Å². The Morgan fingerprint density at radius 1 is 1.15 bits per heavy atom. The molecule has 2 unspecified atom stereocenters. The van der Waals surface area contributed by atoms with E-state index < -0.39 is 74.3 Å². The number of para-hydroxylation sites is 1. The molecule has 2 aliphatic rings. The second-order valence-electron chi connectivity index (χ2n) is 9.70. The molecule has 3 N–H and O–H groups in total. The Hall–Kier alpha value is -4.03. The highest BCUT2D eigenvalue weighted by Crippen LogP contribution is 2.40. The number of rotatable bonds is 7. The average Bonchev–Trinajstić information content (AvgIpc) is 3.11. The number of amides is 3. The maximum absolute atomic E-state index is 14.6. The van der Waals surface area contributed by atoms with E-state index in [2.05, 4.69) is 24.2 Å². The number of nitrogens with zero attached hydrogens (tertiary/aromatic N) is 2. The number of ether oxygens (including phenoxy) is 1. The number of nitrogens with two attached hydrogens (primary N) is 1. The molecule has 2 heterocycles. The monoisotopic (exact) mass is 582 g/mol. The predicted molar refractivity (Wildman–Crippen MR) is 142 cm³/mol. The van der Waals surface area contributed by atoms with Gasteiger partial charge in [0.2, 0.25) is 18.0 Å². The number of aliphatic imine (C=N–C) groups is 1. The summed E-state index contributed by atoms with van der Waals surface area (Å²) in [6, 6.07) is 12.9. The highest BCUT2D eigenvalue weighted by molar-refractivity contribution is 6.21. The third kappa shape index (κ3) is 8.24. The van der Waals surface area contributed by atoms with Crippen LogP contribution in [0.3, 0.4) is 0 Å². The Bertz CT molecular complexity index is 1280. The Balaban J connectivity index is 0.00000147. The molecule has 2 atom stereocenters. The summed E-state index contributed by atoms with van der Waals surface area (Å²) in [5.41, 5.74) is 6.08. The van der Waals surface area contributed by atoms with Gasteiger partial charge in [-0.1, -0.05) is 62.7 Å². The van der Waals surface area contributed by atoms with Crippen molar-refractivity contribution in [3.05, 3.63) is 59.7 Å². The molecule has 41 heavy (non-hydrogen) atoms. The van der Waals surface area contributed by atoms with E-state index in [9.17, 15) is 36.3 Å². The molecular weight excluding hydrogens is 551 g/mol. The molecule has 0 saturated heterocycles. The molecule has 2 aliphatic heterocycles. The quantitative estimate of drug-likeness (QED) is 0.465. The van der Waals surface area contributed by atoms with Gasteiger partial charge in [0.15, 0.2) is 6.61 Å². The smallest absolute Gasteiger partial charge is 0.389 e. The summed E-state index contributed by atoms with van der Waals surface area (Å²) < 4.78 is 73.0. The summed E-state index contributed by atoms with van der Waals surface area (Å²) in [4.78, 5) is 43.2. The number of anilines is 1. The van der Waals surface area contributed by atoms with Gasteiger partial charge in [-0.2, -0.15) is 13.2 Å². The third-order valence-electron chi connectivity index (χ3n) is 6.03. The van der Waals surface area contributed by atoms with Crippen molar-refractivity contribution in [3.63, 3.8) is 0 Å². The molecule has 0 radical (unpaired) electrons. The highest BCUT2D eigenvalue weighted by Gasteiger charge is 2.44. The van der Waals surface area contributed by atoms with Gasteiger partial charge in [0.05, 0.1) is 17.9 Å². The van der Waals surface area contributed by atoms with Gasteiger partial charge in [-0.15, -0.1) is 0 Å². The van der Waals surface area contributed by atoms with E-state index in [1.807, 2.05) is 0 Å². The fourth-order valence-electron chi connectivity index (χ4n) is 4.32. The van der Waals surface area contributed by atoms with Crippen LogP contribution in [-0.2, 0) is 14.4 Å². The number of nitrogens with one attached hydrogen (secondary N) is 1. The molecule has 0 aromatic heterocycles. The van der Waals surface area contributed by atoms with Gasteiger partial charge in [-0.05, 0) is 12.5 Å². The van der Waals surface area contributed by atoms with Crippen molar-refractivity contribution in [2.45, 2.75) is 57.8 Å². The molecule has 0 aliphatic carbocycles. The minimum absolute atomic E-state index is 0.000384. The van der Waals surface area contributed by atoms with E-state index in [0.717, 1.165) is 4.90 Å². The summed E-state index contributed by atoms with van der Waals surface area (Å²) >= 11 is 0. The van der Waals surface area contributed by atoms with E-state index in [4.69, 9.17) is 10.5 Å². The van der Waals surface area contributed by atoms with E-state index in [-0.39, 0.29) is 22.7 Å². The van der Waals surface area contributed by atoms with Crippen LogP contribution in [0.5, 0.6) is 5.75 Å². The average molecular weight is 583 g/mol. The van der Waals surface area contributed by atoms with Crippen molar-refractivity contribution in [3.8, 4) is 5.75 Å². The Kier molecular flexibility index (Phi) is 10.1. The minimum Gasteiger partial charge on any atom is -0.485 e. The molecule has 2 aromatic carbocycles. The van der Waals surface area contributed by atoms with Crippen LogP contribution in [0.2, 0.25) is 0 Å². The summed E-state index contributed by atoms with van der Waals surface area (Å²) in [6.07, 6.45) is -8.00. The van der Waals surface area contributed by atoms with Crippen LogP contribution in [0.4, 0.5) is 27.6 Å². The van der Waals surface area contributed by atoms with Crippen LogP contribution < -0.4 is 20.7 Å². The first-order valence-electron chi connectivity index (χ1n) is 13.0. The first-order valence-corrected chi connectivity index (χ1v) is 13.0. The van der Waals surface area contributed by atoms with E-state index in [1.54, 1.807) is 36.4 Å².